The van der Waals surface area contributed by atoms with Crippen molar-refractivity contribution in [3.05, 3.63) is 41.5 Å². The zero-order valence-electron chi connectivity index (χ0n) is 13.9. The van der Waals surface area contributed by atoms with Crippen LogP contribution in [0.3, 0.4) is 0 Å². The first-order chi connectivity index (χ1) is 11.6. The van der Waals surface area contributed by atoms with E-state index in [0.29, 0.717) is 23.5 Å². The Bertz CT molecular complexity index is 725. The van der Waals surface area contributed by atoms with Gasteiger partial charge >= 0.3 is 0 Å². The maximum absolute atomic E-state index is 12.6. The van der Waals surface area contributed by atoms with E-state index in [1.807, 2.05) is 17.9 Å². The number of likely N-dealkylation sites (tertiary alicyclic amines) is 1. The van der Waals surface area contributed by atoms with Crippen molar-refractivity contribution in [1.82, 2.24) is 4.90 Å². The lowest BCUT2D eigenvalue weighted by Gasteiger charge is -2.34. The van der Waals surface area contributed by atoms with Crippen LogP contribution in [0.2, 0.25) is 0 Å². The van der Waals surface area contributed by atoms with Crippen LogP contribution >= 0.6 is 11.8 Å². The molecule has 1 aromatic rings. The van der Waals surface area contributed by atoms with E-state index >= 15 is 0 Å². The highest BCUT2D eigenvalue weighted by Gasteiger charge is 2.52. The first-order valence-electron chi connectivity index (χ1n) is 8.62. The summed E-state index contributed by atoms with van der Waals surface area (Å²) < 4.78 is 0. The molecule has 24 heavy (non-hydrogen) atoms. The number of carbonyl (C=O) groups is 1. The molecule has 0 radical (unpaired) electrons. The van der Waals surface area contributed by atoms with E-state index in [1.165, 1.54) is 11.1 Å². The molecule has 1 aliphatic carbocycles. The molecule has 126 valence electrons. The fourth-order valence-corrected chi connectivity index (χ4v) is 4.87. The van der Waals surface area contributed by atoms with Gasteiger partial charge in [0.15, 0.2) is 5.17 Å². The van der Waals surface area contributed by atoms with Gasteiger partial charge in [-0.1, -0.05) is 42.1 Å². The summed E-state index contributed by atoms with van der Waals surface area (Å²) in [7, 11) is 0. The molecule has 0 aromatic heterocycles. The molecule has 1 saturated carbocycles. The Kier molecular flexibility index (Phi) is 3.91. The minimum Gasteiger partial charge on any atom is -0.379 e. The van der Waals surface area contributed by atoms with E-state index in [9.17, 15) is 4.79 Å². The van der Waals surface area contributed by atoms with Gasteiger partial charge in [-0.25, -0.2) is 4.99 Å². The number of nitrogens with zero attached hydrogens (tertiary/aromatic N) is 2. The minimum absolute atomic E-state index is 0.255. The highest BCUT2D eigenvalue weighted by atomic mass is 32.2. The quantitative estimate of drug-likeness (QED) is 0.920. The predicted octanol–water partition coefficient (Wildman–Crippen LogP) is 2.84. The summed E-state index contributed by atoms with van der Waals surface area (Å²) in [5, 5.41) is 0.642. The van der Waals surface area contributed by atoms with Crippen molar-refractivity contribution in [2.75, 3.05) is 18.8 Å². The van der Waals surface area contributed by atoms with E-state index in [2.05, 4.69) is 30.3 Å². The van der Waals surface area contributed by atoms with Gasteiger partial charge in [0, 0.05) is 24.1 Å². The van der Waals surface area contributed by atoms with Gasteiger partial charge in [0.1, 0.15) is 5.54 Å². The molecule has 1 saturated heterocycles. The molecule has 5 heteroatoms. The lowest BCUT2D eigenvalue weighted by atomic mass is 9.81. The number of hydrogen-bond acceptors (Lipinski definition) is 4. The summed E-state index contributed by atoms with van der Waals surface area (Å²) in [5.74, 6) is 1.83. The standard InChI is InChI=1S/C19H23N3OS/c1-2-4-13-5-3-6-15(9-13)19-12-22(17(23)14-7-8-14)10-16(19)11-24-18(20)21-19/h2-6,9,14,16H,7-8,10-12H2,1H3,(H2,20,21)/b4-2+/t16-,19+/m0/s1. The van der Waals surface area contributed by atoms with E-state index in [4.69, 9.17) is 10.7 Å². The van der Waals surface area contributed by atoms with Crippen molar-refractivity contribution in [2.24, 2.45) is 22.6 Å². The molecular weight excluding hydrogens is 318 g/mol. The van der Waals surface area contributed by atoms with E-state index in [0.717, 1.165) is 25.1 Å². The van der Waals surface area contributed by atoms with Crippen LogP contribution in [0.5, 0.6) is 0 Å². The van der Waals surface area contributed by atoms with E-state index < -0.39 is 0 Å². The molecule has 0 unspecified atom stereocenters. The third kappa shape index (κ3) is 2.65. The lowest BCUT2D eigenvalue weighted by Crippen LogP contribution is -2.40. The number of fused-ring (bicyclic) bond motifs is 1. The summed E-state index contributed by atoms with van der Waals surface area (Å²) in [5.41, 5.74) is 8.07. The zero-order chi connectivity index (χ0) is 16.7. The number of amides is 1. The van der Waals surface area contributed by atoms with Crippen molar-refractivity contribution in [2.45, 2.75) is 25.3 Å². The number of thioether (sulfide) groups is 1. The molecule has 2 heterocycles. The maximum Gasteiger partial charge on any atom is 0.225 e. The number of rotatable bonds is 3. The highest BCUT2D eigenvalue weighted by Crippen LogP contribution is 2.47. The fraction of sp³-hybridized carbons (Fsp3) is 0.474. The van der Waals surface area contributed by atoms with Gasteiger partial charge in [0.05, 0.1) is 6.54 Å². The molecule has 0 bridgehead atoms. The Morgan fingerprint density at radius 1 is 1.46 bits per heavy atom. The van der Waals surface area contributed by atoms with E-state index in [1.54, 1.807) is 11.8 Å². The van der Waals surface area contributed by atoms with Crippen molar-refractivity contribution >= 4 is 28.9 Å². The molecule has 2 fully saturated rings. The third-order valence-electron chi connectivity index (χ3n) is 5.27. The van der Waals surface area contributed by atoms with Crippen molar-refractivity contribution in [3.8, 4) is 0 Å². The van der Waals surface area contributed by atoms with Gasteiger partial charge in [-0.3, -0.25) is 4.79 Å². The first kappa shape index (κ1) is 15.8. The molecule has 4 nitrogen and oxygen atoms in total. The molecule has 3 aliphatic rings. The molecule has 1 amide bonds. The van der Waals surface area contributed by atoms with Gasteiger partial charge in [-0.2, -0.15) is 0 Å². The topological polar surface area (TPSA) is 58.7 Å². The number of carbonyl (C=O) groups excluding carboxylic acids is 1. The monoisotopic (exact) mass is 341 g/mol. The molecule has 0 spiro atoms. The number of amidine groups is 1. The number of nitrogens with two attached hydrogens (primary N) is 1. The molecule has 4 rings (SSSR count). The maximum atomic E-state index is 12.6. The van der Waals surface area contributed by atoms with Gasteiger partial charge < -0.3 is 10.6 Å². The van der Waals surface area contributed by atoms with Crippen LogP contribution < -0.4 is 5.73 Å². The molecule has 2 aliphatic heterocycles. The zero-order valence-corrected chi connectivity index (χ0v) is 14.8. The Labute approximate surface area is 147 Å². The van der Waals surface area contributed by atoms with Crippen LogP contribution in [0, 0.1) is 11.8 Å². The Morgan fingerprint density at radius 3 is 3.04 bits per heavy atom. The fourth-order valence-electron chi connectivity index (χ4n) is 3.89. The van der Waals surface area contributed by atoms with Crippen molar-refractivity contribution in [3.63, 3.8) is 0 Å². The minimum atomic E-state index is -0.378. The summed E-state index contributed by atoms with van der Waals surface area (Å²) in [6.07, 6.45) is 6.23. The van der Waals surface area contributed by atoms with Crippen LogP contribution in [0.4, 0.5) is 0 Å². The molecule has 2 atom stereocenters. The number of hydrogen-bond donors (Lipinski definition) is 1. The SMILES string of the molecule is C/C=C/c1cccc([C@]23CN(C(=O)C4CC4)C[C@H]2CSC(N)=N3)c1. The van der Waals surface area contributed by atoms with Crippen LogP contribution in [0.15, 0.2) is 35.3 Å². The summed E-state index contributed by atoms with van der Waals surface area (Å²) >= 11 is 1.62. The predicted molar refractivity (Wildman–Crippen MR) is 99.7 cm³/mol. The number of aliphatic imine (C=N–C) groups is 1. The Balaban J connectivity index is 1.74. The number of benzene rings is 1. The summed E-state index contributed by atoms with van der Waals surface area (Å²) in [6.45, 7) is 3.48. The molecule has 2 N–H and O–H groups in total. The summed E-state index contributed by atoms with van der Waals surface area (Å²) in [6, 6.07) is 8.51. The average molecular weight is 341 g/mol. The number of allylic oxidation sites excluding steroid dienone is 1. The van der Waals surface area contributed by atoms with E-state index in [-0.39, 0.29) is 11.5 Å². The second kappa shape index (κ2) is 5.96. The average Bonchev–Trinajstić information content (AvgIpc) is 3.35. The van der Waals surface area contributed by atoms with Gasteiger partial charge in [-0.15, -0.1) is 0 Å². The second-order valence-electron chi connectivity index (χ2n) is 7.00. The van der Waals surface area contributed by atoms with Crippen LogP contribution in [-0.4, -0.2) is 34.8 Å². The van der Waals surface area contributed by atoms with Gasteiger partial charge in [0.2, 0.25) is 5.91 Å². The van der Waals surface area contributed by atoms with Crippen LogP contribution in [0.25, 0.3) is 6.08 Å². The molecule has 1 aromatic carbocycles. The first-order valence-corrected chi connectivity index (χ1v) is 9.61. The van der Waals surface area contributed by atoms with Crippen molar-refractivity contribution in [1.29, 1.82) is 0 Å². The third-order valence-corrected chi connectivity index (χ3v) is 6.23. The summed E-state index contributed by atoms with van der Waals surface area (Å²) in [4.78, 5) is 19.5. The smallest absolute Gasteiger partial charge is 0.225 e. The Hall–Kier alpha value is -1.75. The highest BCUT2D eigenvalue weighted by molar-refractivity contribution is 8.13. The normalized spacial score (nSPS) is 29.6. The largest absolute Gasteiger partial charge is 0.379 e. The van der Waals surface area contributed by atoms with Crippen LogP contribution in [0.1, 0.15) is 30.9 Å². The van der Waals surface area contributed by atoms with Crippen LogP contribution in [-0.2, 0) is 10.3 Å². The lowest BCUT2D eigenvalue weighted by molar-refractivity contribution is -0.131. The van der Waals surface area contributed by atoms with Crippen molar-refractivity contribution < 1.29 is 4.79 Å². The Morgan fingerprint density at radius 2 is 2.29 bits per heavy atom. The molecular formula is C19H23N3OS. The van der Waals surface area contributed by atoms with Gasteiger partial charge in [-0.05, 0) is 37.0 Å². The second-order valence-corrected chi connectivity index (χ2v) is 8.04. The van der Waals surface area contributed by atoms with Gasteiger partial charge in [0.25, 0.3) is 0 Å².